The fraction of sp³-hybridized carbons (Fsp3) is 0.500. The van der Waals surface area contributed by atoms with Gasteiger partial charge in [0.05, 0.1) is 10.0 Å². The molecule has 0 unspecified atom stereocenters. The number of halogens is 2. The molecule has 0 aliphatic rings. The Bertz CT molecular complexity index is 353. The van der Waals surface area contributed by atoms with Gasteiger partial charge in [0.2, 0.25) is 0 Å². The summed E-state index contributed by atoms with van der Waals surface area (Å²) in [6.07, 6.45) is 2.12. The SMILES string of the molecule is CSC(C)(C)CNCc1cccc(Cl)c1Cl. The first kappa shape index (κ1) is 14.2. The Kier molecular flexibility index (Phi) is 5.45. The third-order valence-corrected chi connectivity index (χ3v) is 4.56. The number of rotatable bonds is 5. The number of benzene rings is 1. The van der Waals surface area contributed by atoms with Crippen LogP contribution in [0, 0.1) is 0 Å². The third kappa shape index (κ3) is 4.17. The molecule has 0 atom stereocenters. The molecular formula is C12H17Cl2NS. The van der Waals surface area contributed by atoms with Crippen molar-refractivity contribution in [1.29, 1.82) is 0 Å². The smallest absolute Gasteiger partial charge is 0.0637 e. The summed E-state index contributed by atoms with van der Waals surface area (Å²) < 4.78 is 0.241. The van der Waals surface area contributed by atoms with E-state index in [2.05, 4.69) is 25.4 Å². The van der Waals surface area contributed by atoms with E-state index in [4.69, 9.17) is 23.2 Å². The molecule has 1 aromatic rings. The van der Waals surface area contributed by atoms with Crippen LogP contribution in [-0.2, 0) is 6.54 Å². The van der Waals surface area contributed by atoms with Crippen LogP contribution in [0.1, 0.15) is 19.4 Å². The highest BCUT2D eigenvalue weighted by Gasteiger charge is 2.15. The predicted molar refractivity (Wildman–Crippen MR) is 75.8 cm³/mol. The van der Waals surface area contributed by atoms with Gasteiger partial charge in [-0.3, -0.25) is 0 Å². The highest BCUT2D eigenvalue weighted by atomic mass is 35.5. The quantitative estimate of drug-likeness (QED) is 0.865. The second-order valence-corrected chi connectivity index (χ2v) is 6.58. The minimum Gasteiger partial charge on any atom is -0.311 e. The maximum Gasteiger partial charge on any atom is 0.0637 e. The first-order valence-corrected chi connectivity index (χ1v) is 7.13. The fourth-order valence-electron chi connectivity index (χ4n) is 1.26. The first-order chi connectivity index (χ1) is 7.46. The predicted octanol–water partition coefficient (Wildman–Crippen LogP) is 4.22. The molecule has 0 aliphatic carbocycles. The number of thioether (sulfide) groups is 1. The van der Waals surface area contributed by atoms with Crippen LogP contribution < -0.4 is 5.32 Å². The molecule has 0 heterocycles. The minimum absolute atomic E-state index is 0.241. The van der Waals surface area contributed by atoms with E-state index >= 15 is 0 Å². The van der Waals surface area contributed by atoms with E-state index in [1.807, 2.05) is 23.9 Å². The van der Waals surface area contributed by atoms with Crippen molar-refractivity contribution in [2.24, 2.45) is 0 Å². The van der Waals surface area contributed by atoms with Gasteiger partial charge in [-0.05, 0) is 31.7 Å². The molecule has 0 radical (unpaired) electrons. The molecule has 0 aromatic heterocycles. The number of nitrogens with one attached hydrogen (secondary N) is 1. The van der Waals surface area contributed by atoms with Crippen LogP contribution in [0.3, 0.4) is 0 Å². The molecule has 0 saturated carbocycles. The van der Waals surface area contributed by atoms with Crippen molar-refractivity contribution >= 4 is 35.0 Å². The molecule has 1 aromatic carbocycles. The van der Waals surface area contributed by atoms with Crippen LogP contribution in [0.2, 0.25) is 10.0 Å². The Morgan fingerprint density at radius 1 is 1.31 bits per heavy atom. The zero-order chi connectivity index (χ0) is 12.2. The summed E-state index contributed by atoms with van der Waals surface area (Å²) in [4.78, 5) is 0. The van der Waals surface area contributed by atoms with E-state index in [9.17, 15) is 0 Å². The molecule has 1 rings (SSSR count). The first-order valence-electron chi connectivity index (χ1n) is 5.15. The van der Waals surface area contributed by atoms with E-state index in [0.717, 1.165) is 18.7 Å². The summed E-state index contributed by atoms with van der Waals surface area (Å²) in [5, 5.41) is 4.66. The zero-order valence-electron chi connectivity index (χ0n) is 9.81. The summed E-state index contributed by atoms with van der Waals surface area (Å²) in [7, 11) is 0. The van der Waals surface area contributed by atoms with Gasteiger partial charge in [-0.15, -0.1) is 0 Å². The summed E-state index contributed by atoms with van der Waals surface area (Å²) in [6, 6.07) is 5.72. The second kappa shape index (κ2) is 6.15. The highest BCUT2D eigenvalue weighted by molar-refractivity contribution is 7.99. The lowest BCUT2D eigenvalue weighted by Gasteiger charge is -2.22. The summed E-state index contributed by atoms with van der Waals surface area (Å²) in [6.45, 7) is 6.12. The van der Waals surface area contributed by atoms with E-state index in [1.54, 1.807) is 6.07 Å². The standard InChI is InChI=1S/C12H17Cl2NS/c1-12(2,16-3)8-15-7-9-5-4-6-10(13)11(9)14/h4-6,15H,7-8H2,1-3H3. The van der Waals surface area contributed by atoms with Gasteiger partial charge in [-0.2, -0.15) is 11.8 Å². The summed E-state index contributed by atoms with van der Waals surface area (Å²) >= 11 is 13.9. The monoisotopic (exact) mass is 277 g/mol. The van der Waals surface area contributed by atoms with E-state index in [-0.39, 0.29) is 4.75 Å². The van der Waals surface area contributed by atoms with Gasteiger partial charge in [-0.1, -0.05) is 35.3 Å². The van der Waals surface area contributed by atoms with Crippen molar-refractivity contribution < 1.29 is 0 Å². The van der Waals surface area contributed by atoms with Gasteiger partial charge in [-0.25, -0.2) is 0 Å². The highest BCUT2D eigenvalue weighted by Crippen LogP contribution is 2.25. The Balaban J connectivity index is 2.53. The van der Waals surface area contributed by atoms with Crippen LogP contribution in [0.4, 0.5) is 0 Å². The van der Waals surface area contributed by atoms with Gasteiger partial charge in [0.1, 0.15) is 0 Å². The average molecular weight is 278 g/mol. The van der Waals surface area contributed by atoms with Gasteiger partial charge in [0.25, 0.3) is 0 Å². The average Bonchev–Trinajstić information content (AvgIpc) is 2.24. The molecule has 4 heteroatoms. The Morgan fingerprint density at radius 3 is 2.62 bits per heavy atom. The van der Waals surface area contributed by atoms with Gasteiger partial charge < -0.3 is 5.32 Å². The van der Waals surface area contributed by atoms with Crippen molar-refractivity contribution in [1.82, 2.24) is 5.32 Å². The van der Waals surface area contributed by atoms with Crippen molar-refractivity contribution in [3.63, 3.8) is 0 Å². The normalized spacial score (nSPS) is 11.8. The Labute approximate surface area is 112 Å². The molecule has 16 heavy (non-hydrogen) atoms. The molecule has 0 spiro atoms. The fourth-order valence-corrected chi connectivity index (χ4v) is 1.89. The van der Waals surface area contributed by atoms with E-state index in [1.165, 1.54) is 0 Å². The molecule has 0 saturated heterocycles. The topological polar surface area (TPSA) is 12.0 Å². The molecule has 90 valence electrons. The van der Waals surface area contributed by atoms with Crippen LogP contribution in [0.25, 0.3) is 0 Å². The summed E-state index contributed by atoms with van der Waals surface area (Å²) in [5.74, 6) is 0. The largest absolute Gasteiger partial charge is 0.311 e. The molecule has 1 N–H and O–H groups in total. The lowest BCUT2D eigenvalue weighted by atomic mass is 10.2. The lowest BCUT2D eigenvalue weighted by molar-refractivity contribution is 0.591. The maximum absolute atomic E-state index is 6.10. The van der Waals surface area contributed by atoms with Crippen molar-refractivity contribution in [2.45, 2.75) is 25.1 Å². The molecule has 1 nitrogen and oxygen atoms in total. The van der Waals surface area contributed by atoms with Crippen molar-refractivity contribution in [2.75, 3.05) is 12.8 Å². The number of hydrogen-bond acceptors (Lipinski definition) is 2. The van der Waals surface area contributed by atoms with Crippen LogP contribution in [0.15, 0.2) is 18.2 Å². The van der Waals surface area contributed by atoms with E-state index in [0.29, 0.717) is 10.0 Å². The lowest BCUT2D eigenvalue weighted by Crippen LogP contribution is -2.31. The number of hydrogen-bond donors (Lipinski definition) is 1. The summed E-state index contributed by atoms with van der Waals surface area (Å²) in [5.41, 5.74) is 1.05. The van der Waals surface area contributed by atoms with Gasteiger partial charge >= 0.3 is 0 Å². The molecule has 0 fully saturated rings. The van der Waals surface area contributed by atoms with E-state index < -0.39 is 0 Å². The van der Waals surface area contributed by atoms with Crippen LogP contribution in [-0.4, -0.2) is 17.5 Å². The van der Waals surface area contributed by atoms with Crippen molar-refractivity contribution in [3.05, 3.63) is 33.8 Å². The molecule has 0 bridgehead atoms. The van der Waals surface area contributed by atoms with Crippen molar-refractivity contribution in [3.8, 4) is 0 Å². The minimum atomic E-state index is 0.241. The van der Waals surface area contributed by atoms with Gasteiger partial charge in [0, 0.05) is 17.8 Å². The Hall–Kier alpha value is 0.110. The van der Waals surface area contributed by atoms with Crippen LogP contribution >= 0.6 is 35.0 Å². The molecule has 0 aliphatic heterocycles. The Morgan fingerprint density at radius 2 is 2.00 bits per heavy atom. The molecular weight excluding hydrogens is 261 g/mol. The maximum atomic E-state index is 6.10. The second-order valence-electron chi connectivity index (χ2n) is 4.28. The van der Waals surface area contributed by atoms with Crippen LogP contribution in [0.5, 0.6) is 0 Å². The molecule has 0 amide bonds. The zero-order valence-corrected chi connectivity index (χ0v) is 12.1. The third-order valence-electron chi connectivity index (χ3n) is 2.45. The van der Waals surface area contributed by atoms with Gasteiger partial charge in [0.15, 0.2) is 0 Å².